The third-order valence-corrected chi connectivity index (χ3v) is 7.73. The minimum atomic E-state index is -4.86. The van der Waals surface area contributed by atoms with Gasteiger partial charge in [0.2, 0.25) is 21.8 Å². The molecule has 0 radical (unpaired) electrons. The Morgan fingerprint density at radius 1 is 1.03 bits per heavy atom. The zero-order chi connectivity index (χ0) is 28.8. The van der Waals surface area contributed by atoms with Crippen molar-refractivity contribution in [2.24, 2.45) is 0 Å². The fourth-order valence-corrected chi connectivity index (χ4v) is 5.22. The third-order valence-electron chi connectivity index (χ3n) is 5.55. The minimum absolute atomic E-state index is 0.154. The highest BCUT2D eigenvalue weighted by Crippen LogP contribution is 2.37. The highest BCUT2D eigenvalue weighted by Gasteiger charge is 2.36. The van der Waals surface area contributed by atoms with Gasteiger partial charge in [0.1, 0.15) is 12.6 Å². The van der Waals surface area contributed by atoms with Crippen molar-refractivity contribution in [2.45, 2.75) is 45.5 Å². The maximum Gasteiger partial charge on any atom is 0.417 e. The number of amides is 2. The number of nitrogens with zero attached hydrogens (tertiary/aromatic N) is 2. The van der Waals surface area contributed by atoms with Gasteiger partial charge in [-0.1, -0.05) is 54.7 Å². The average molecular weight is 617 g/mol. The molecule has 0 heterocycles. The number of rotatable bonds is 11. The maximum atomic E-state index is 13.6. The summed E-state index contributed by atoms with van der Waals surface area (Å²) in [6.07, 6.45) is -3.33. The van der Waals surface area contributed by atoms with E-state index in [1.165, 1.54) is 0 Å². The van der Waals surface area contributed by atoms with Gasteiger partial charge in [0.25, 0.3) is 0 Å². The molecule has 2 aromatic rings. The Morgan fingerprint density at radius 3 is 2.13 bits per heavy atom. The first kappa shape index (κ1) is 32.0. The molecule has 0 aliphatic heterocycles. The van der Waals surface area contributed by atoms with Crippen molar-refractivity contribution in [1.29, 1.82) is 0 Å². The molecule has 14 heteroatoms. The Bertz CT molecular complexity index is 1260. The van der Waals surface area contributed by atoms with Crippen molar-refractivity contribution in [1.82, 2.24) is 10.2 Å². The van der Waals surface area contributed by atoms with Crippen LogP contribution < -0.4 is 9.62 Å². The molecule has 1 atom stereocenters. The molecular formula is C24H27Cl3F3N3O4S. The smallest absolute Gasteiger partial charge is 0.354 e. The second-order valence-electron chi connectivity index (χ2n) is 8.37. The van der Waals surface area contributed by atoms with Crippen LogP contribution in [-0.2, 0) is 32.3 Å². The molecular weight excluding hydrogens is 590 g/mol. The van der Waals surface area contributed by atoms with E-state index >= 15 is 0 Å². The molecule has 38 heavy (non-hydrogen) atoms. The first-order valence-corrected chi connectivity index (χ1v) is 14.4. The van der Waals surface area contributed by atoms with Crippen LogP contribution in [0, 0.1) is 0 Å². The molecule has 0 fully saturated rings. The monoisotopic (exact) mass is 615 g/mol. The average Bonchev–Trinajstić information content (AvgIpc) is 2.81. The summed E-state index contributed by atoms with van der Waals surface area (Å²) in [7, 11) is -4.25. The van der Waals surface area contributed by atoms with E-state index in [9.17, 15) is 31.2 Å². The van der Waals surface area contributed by atoms with E-state index in [-0.39, 0.29) is 23.0 Å². The lowest BCUT2D eigenvalue weighted by Crippen LogP contribution is -2.52. The number of hydrogen-bond donors (Lipinski definition) is 1. The second-order valence-corrected chi connectivity index (χ2v) is 11.5. The summed E-state index contributed by atoms with van der Waals surface area (Å²) >= 11 is 18.3. The van der Waals surface area contributed by atoms with E-state index in [2.05, 4.69) is 5.32 Å². The SMILES string of the molecule is CCCNC(=O)C(CC)N(Cc1c(Cl)cccc1Cl)C(=O)CN(c1ccc(Cl)c(C(F)(F)F)c1)S(C)(=O)=O. The molecule has 0 saturated heterocycles. The predicted molar refractivity (Wildman–Crippen MR) is 143 cm³/mol. The van der Waals surface area contributed by atoms with Crippen molar-refractivity contribution >= 4 is 62.3 Å². The molecule has 1 N–H and O–H groups in total. The van der Waals surface area contributed by atoms with Gasteiger partial charge in [-0.25, -0.2) is 8.42 Å². The highest BCUT2D eigenvalue weighted by atomic mass is 35.5. The molecule has 210 valence electrons. The van der Waals surface area contributed by atoms with E-state index in [0.29, 0.717) is 28.9 Å². The van der Waals surface area contributed by atoms with Gasteiger partial charge in [0.05, 0.1) is 22.5 Å². The van der Waals surface area contributed by atoms with Crippen LogP contribution in [-0.4, -0.2) is 50.5 Å². The maximum absolute atomic E-state index is 13.6. The molecule has 1 unspecified atom stereocenters. The predicted octanol–water partition coefficient (Wildman–Crippen LogP) is 5.77. The fraction of sp³-hybridized carbons (Fsp3) is 0.417. The molecule has 2 rings (SSSR count). The van der Waals surface area contributed by atoms with E-state index in [1.807, 2.05) is 6.92 Å². The van der Waals surface area contributed by atoms with Crippen LogP contribution in [0.15, 0.2) is 36.4 Å². The first-order chi connectivity index (χ1) is 17.6. The van der Waals surface area contributed by atoms with Crippen molar-refractivity contribution in [3.63, 3.8) is 0 Å². The van der Waals surface area contributed by atoms with Gasteiger partial charge in [-0.2, -0.15) is 13.2 Å². The third kappa shape index (κ3) is 8.14. The Hall–Kier alpha value is -2.21. The fourth-order valence-electron chi connectivity index (χ4n) is 3.64. The summed E-state index contributed by atoms with van der Waals surface area (Å²) in [5.41, 5.74) is -1.36. The van der Waals surface area contributed by atoms with E-state index in [0.717, 1.165) is 23.3 Å². The Morgan fingerprint density at radius 2 is 1.63 bits per heavy atom. The van der Waals surface area contributed by atoms with Crippen molar-refractivity contribution < 1.29 is 31.2 Å². The number of nitrogens with one attached hydrogen (secondary N) is 1. The Labute approximate surface area is 234 Å². The van der Waals surface area contributed by atoms with Gasteiger partial charge >= 0.3 is 6.18 Å². The standard InChI is InChI=1S/C24H27Cl3F3N3O4S/c1-4-11-31-23(35)21(5-2)32(13-16-18(25)7-6-8-19(16)26)22(34)14-33(38(3,36)37)15-9-10-20(27)17(12-15)24(28,29)30/h6-10,12,21H,4-5,11,13-14H2,1-3H3,(H,31,35). The summed E-state index contributed by atoms with van der Waals surface area (Å²) in [5.74, 6) is -1.34. The van der Waals surface area contributed by atoms with Crippen LogP contribution >= 0.6 is 34.8 Å². The number of anilines is 1. The van der Waals surface area contributed by atoms with Crippen LogP contribution in [0.4, 0.5) is 18.9 Å². The quantitative estimate of drug-likeness (QED) is 0.348. The number of sulfonamides is 1. The Balaban J connectivity index is 2.57. The number of benzene rings is 2. The van der Waals surface area contributed by atoms with Gasteiger partial charge < -0.3 is 10.2 Å². The molecule has 2 amide bonds. The normalized spacial score (nSPS) is 12.7. The van der Waals surface area contributed by atoms with Crippen LogP contribution in [0.1, 0.15) is 37.8 Å². The van der Waals surface area contributed by atoms with Crippen LogP contribution in [0.5, 0.6) is 0 Å². The zero-order valence-electron chi connectivity index (χ0n) is 20.8. The molecule has 0 saturated carbocycles. The molecule has 2 aromatic carbocycles. The van der Waals surface area contributed by atoms with Gasteiger partial charge in [-0.05, 0) is 43.2 Å². The van der Waals surface area contributed by atoms with Crippen molar-refractivity contribution in [3.05, 3.63) is 62.6 Å². The summed E-state index contributed by atoms with van der Waals surface area (Å²) < 4.78 is 66.1. The van der Waals surface area contributed by atoms with Crippen molar-refractivity contribution in [2.75, 3.05) is 23.7 Å². The summed E-state index contributed by atoms with van der Waals surface area (Å²) in [6, 6.07) is 6.15. The van der Waals surface area contributed by atoms with Gasteiger partial charge in [0, 0.05) is 28.7 Å². The second kappa shape index (κ2) is 13.2. The number of carbonyl (C=O) groups excluding carboxylic acids is 2. The number of alkyl halides is 3. The molecule has 7 nitrogen and oxygen atoms in total. The van der Waals surface area contributed by atoms with E-state index in [1.54, 1.807) is 25.1 Å². The summed E-state index contributed by atoms with van der Waals surface area (Å²) in [5, 5.41) is 2.51. The Kier molecular flexibility index (Phi) is 11.1. The summed E-state index contributed by atoms with van der Waals surface area (Å²) in [6.45, 7) is 2.70. The summed E-state index contributed by atoms with van der Waals surface area (Å²) in [4.78, 5) is 27.7. The number of hydrogen-bond acceptors (Lipinski definition) is 4. The molecule has 0 aliphatic carbocycles. The number of carbonyl (C=O) groups is 2. The topological polar surface area (TPSA) is 86.8 Å². The van der Waals surface area contributed by atoms with E-state index < -0.39 is 56.9 Å². The molecule has 0 spiro atoms. The molecule has 0 aliphatic rings. The van der Waals surface area contributed by atoms with Gasteiger partial charge in [-0.15, -0.1) is 0 Å². The molecule has 0 bridgehead atoms. The largest absolute Gasteiger partial charge is 0.417 e. The van der Waals surface area contributed by atoms with Crippen LogP contribution in [0.2, 0.25) is 15.1 Å². The lowest BCUT2D eigenvalue weighted by atomic mass is 10.1. The zero-order valence-corrected chi connectivity index (χ0v) is 23.9. The van der Waals surface area contributed by atoms with E-state index in [4.69, 9.17) is 34.8 Å². The lowest BCUT2D eigenvalue weighted by molar-refractivity contribution is -0.140. The highest BCUT2D eigenvalue weighted by molar-refractivity contribution is 7.92. The van der Waals surface area contributed by atoms with Crippen LogP contribution in [0.3, 0.4) is 0 Å². The first-order valence-electron chi connectivity index (χ1n) is 11.5. The van der Waals surface area contributed by atoms with Gasteiger partial charge in [-0.3, -0.25) is 13.9 Å². The van der Waals surface area contributed by atoms with Crippen LogP contribution in [0.25, 0.3) is 0 Å². The van der Waals surface area contributed by atoms with Gasteiger partial charge in [0.15, 0.2) is 0 Å². The van der Waals surface area contributed by atoms with Crippen molar-refractivity contribution in [3.8, 4) is 0 Å². The lowest BCUT2D eigenvalue weighted by Gasteiger charge is -2.33. The number of halogens is 6. The molecule has 0 aromatic heterocycles. The minimum Gasteiger partial charge on any atom is -0.354 e.